The maximum absolute atomic E-state index is 11.2. The molecule has 0 bridgehead atoms. The topological polar surface area (TPSA) is 79.8 Å². The Morgan fingerprint density at radius 2 is 2.06 bits per heavy atom. The number of hydrogen-bond acceptors (Lipinski definition) is 5. The Balaban J connectivity index is 1.97. The van der Waals surface area contributed by atoms with Gasteiger partial charge in [-0.25, -0.2) is 9.97 Å². The van der Waals surface area contributed by atoms with E-state index in [1.54, 1.807) is 18.6 Å². The molecule has 7 heteroatoms. The zero-order valence-electron chi connectivity index (χ0n) is 9.35. The van der Waals surface area contributed by atoms with Gasteiger partial charge in [-0.3, -0.25) is 9.78 Å². The van der Waals surface area contributed by atoms with E-state index in [1.807, 2.05) is 0 Å². The summed E-state index contributed by atoms with van der Waals surface area (Å²) in [6, 6.07) is 0.0522. The van der Waals surface area contributed by atoms with Crippen LogP contribution in [0, 0.1) is 0 Å². The summed E-state index contributed by atoms with van der Waals surface area (Å²) in [4.78, 5) is 24.0. The van der Waals surface area contributed by atoms with E-state index in [0.29, 0.717) is 24.3 Å². The molecule has 1 aliphatic rings. The number of carbonyl (C=O) groups excluding carboxylic acids is 1. The first-order valence-corrected chi connectivity index (χ1v) is 6.32. The highest BCUT2D eigenvalue weighted by molar-refractivity contribution is 9.10. The van der Waals surface area contributed by atoms with Crippen molar-refractivity contribution in [1.82, 2.24) is 20.3 Å². The lowest BCUT2D eigenvalue weighted by Crippen LogP contribution is -2.23. The van der Waals surface area contributed by atoms with Crippen molar-refractivity contribution in [1.29, 1.82) is 0 Å². The van der Waals surface area contributed by atoms with Gasteiger partial charge in [0.15, 0.2) is 5.82 Å². The maximum atomic E-state index is 11.2. The van der Waals surface area contributed by atoms with Crippen LogP contribution >= 0.6 is 15.9 Å². The molecule has 1 atom stereocenters. The van der Waals surface area contributed by atoms with Crippen LogP contribution in [0.15, 0.2) is 23.1 Å². The summed E-state index contributed by atoms with van der Waals surface area (Å²) in [5.74, 6) is 0.711. The fourth-order valence-corrected chi connectivity index (χ4v) is 2.33. The number of nitrogens with one attached hydrogen (secondary N) is 2. The van der Waals surface area contributed by atoms with Crippen LogP contribution in [0.5, 0.6) is 0 Å². The van der Waals surface area contributed by atoms with Gasteiger partial charge in [0.1, 0.15) is 11.0 Å². The number of pyridine rings is 1. The van der Waals surface area contributed by atoms with Crippen molar-refractivity contribution in [2.24, 2.45) is 0 Å². The molecule has 1 saturated heterocycles. The van der Waals surface area contributed by atoms with E-state index in [0.717, 1.165) is 9.99 Å². The zero-order chi connectivity index (χ0) is 12.5. The molecule has 3 rings (SSSR count). The fraction of sp³-hybridized carbons (Fsp3) is 0.273. The molecule has 0 radical (unpaired) electrons. The van der Waals surface area contributed by atoms with Crippen molar-refractivity contribution in [3.63, 3.8) is 0 Å². The third-order valence-electron chi connectivity index (χ3n) is 2.77. The summed E-state index contributed by atoms with van der Waals surface area (Å²) in [5, 5.41) is 6.00. The van der Waals surface area contributed by atoms with Crippen LogP contribution in [-0.4, -0.2) is 33.4 Å². The van der Waals surface area contributed by atoms with Gasteiger partial charge in [0.05, 0.1) is 10.5 Å². The molecule has 0 aromatic carbocycles. The van der Waals surface area contributed by atoms with Crippen LogP contribution in [0.4, 0.5) is 5.82 Å². The van der Waals surface area contributed by atoms with E-state index in [-0.39, 0.29) is 11.9 Å². The predicted molar refractivity (Wildman–Crippen MR) is 70.1 cm³/mol. The Hall–Kier alpha value is -1.76. The average Bonchev–Trinajstić information content (AvgIpc) is 2.79. The van der Waals surface area contributed by atoms with Gasteiger partial charge in [0.25, 0.3) is 0 Å². The molecule has 0 aliphatic carbocycles. The van der Waals surface area contributed by atoms with Gasteiger partial charge in [-0.05, 0) is 15.9 Å². The van der Waals surface area contributed by atoms with E-state index in [9.17, 15) is 4.79 Å². The number of halogens is 1. The first-order valence-electron chi connectivity index (χ1n) is 5.52. The second-order valence-electron chi connectivity index (χ2n) is 4.06. The van der Waals surface area contributed by atoms with E-state index in [2.05, 4.69) is 41.5 Å². The molecule has 92 valence electrons. The van der Waals surface area contributed by atoms with Crippen molar-refractivity contribution in [2.45, 2.75) is 12.5 Å². The van der Waals surface area contributed by atoms with Gasteiger partial charge in [-0.1, -0.05) is 0 Å². The molecular weight excluding hydrogens is 298 g/mol. The summed E-state index contributed by atoms with van der Waals surface area (Å²) in [6.45, 7) is 0.609. The molecule has 2 aromatic rings. The van der Waals surface area contributed by atoms with Gasteiger partial charge >= 0.3 is 0 Å². The standard InChI is InChI=1S/C11H10BrN5O/c12-7-5-16-11(10-9(7)13-1-2-14-10)17-6-3-8(18)15-4-6/h1-2,5-6H,3-4H2,(H,15,18)(H,16,17). The molecule has 2 N–H and O–H groups in total. The largest absolute Gasteiger partial charge is 0.363 e. The summed E-state index contributed by atoms with van der Waals surface area (Å²) in [6.07, 6.45) is 5.40. The lowest BCUT2D eigenvalue weighted by Gasteiger charge is -2.12. The van der Waals surface area contributed by atoms with Crippen molar-refractivity contribution < 1.29 is 4.79 Å². The maximum Gasteiger partial charge on any atom is 0.222 e. The van der Waals surface area contributed by atoms with Gasteiger partial charge in [0, 0.05) is 31.6 Å². The molecule has 18 heavy (non-hydrogen) atoms. The number of fused-ring (bicyclic) bond motifs is 1. The highest BCUT2D eigenvalue weighted by Gasteiger charge is 2.22. The average molecular weight is 308 g/mol. The molecular formula is C11H10BrN5O. The molecule has 0 spiro atoms. The van der Waals surface area contributed by atoms with Crippen molar-refractivity contribution in [3.8, 4) is 0 Å². The Morgan fingerprint density at radius 1 is 1.28 bits per heavy atom. The Kier molecular flexibility index (Phi) is 2.83. The van der Waals surface area contributed by atoms with Gasteiger partial charge < -0.3 is 10.6 Å². The molecule has 6 nitrogen and oxygen atoms in total. The summed E-state index contributed by atoms with van der Waals surface area (Å²) in [5.41, 5.74) is 1.46. The third-order valence-corrected chi connectivity index (χ3v) is 3.35. The summed E-state index contributed by atoms with van der Waals surface area (Å²) < 4.78 is 0.803. The van der Waals surface area contributed by atoms with Crippen molar-refractivity contribution in [3.05, 3.63) is 23.1 Å². The highest BCUT2D eigenvalue weighted by Crippen LogP contribution is 2.25. The number of anilines is 1. The second-order valence-corrected chi connectivity index (χ2v) is 4.91. The highest BCUT2D eigenvalue weighted by atomic mass is 79.9. The number of hydrogen-bond donors (Lipinski definition) is 2. The normalized spacial score (nSPS) is 18.9. The first kappa shape index (κ1) is 11.3. The Morgan fingerprint density at radius 3 is 2.78 bits per heavy atom. The number of amides is 1. The van der Waals surface area contributed by atoms with Gasteiger partial charge in [-0.2, -0.15) is 0 Å². The molecule has 0 saturated carbocycles. The second kappa shape index (κ2) is 4.49. The predicted octanol–water partition coefficient (Wildman–Crippen LogP) is 1.09. The number of nitrogens with zero attached hydrogens (tertiary/aromatic N) is 3. The molecule has 2 aromatic heterocycles. The monoisotopic (exact) mass is 307 g/mol. The molecule has 1 fully saturated rings. The number of aromatic nitrogens is 3. The smallest absolute Gasteiger partial charge is 0.222 e. The zero-order valence-corrected chi connectivity index (χ0v) is 10.9. The molecule has 1 amide bonds. The van der Waals surface area contributed by atoms with E-state index in [1.165, 1.54) is 0 Å². The molecule has 3 heterocycles. The number of carbonyl (C=O) groups is 1. The lowest BCUT2D eigenvalue weighted by molar-refractivity contribution is -0.119. The van der Waals surface area contributed by atoms with E-state index < -0.39 is 0 Å². The van der Waals surface area contributed by atoms with Crippen LogP contribution in [-0.2, 0) is 4.79 Å². The Bertz CT molecular complexity index is 617. The van der Waals surface area contributed by atoms with E-state index >= 15 is 0 Å². The van der Waals surface area contributed by atoms with E-state index in [4.69, 9.17) is 0 Å². The Labute approximate surface area is 111 Å². The minimum atomic E-state index is 0.0522. The third kappa shape index (κ3) is 2.01. The quantitative estimate of drug-likeness (QED) is 0.868. The summed E-state index contributed by atoms with van der Waals surface area (Å²) >= 11 is 3.39. The SMILES string of the molecule is O=C1CC(Nc2ncc(Br)c3nccnc23)CN1. The van der Waals surface area contributed by atoms with Gasteiger partial charge in [-0.15, -0.1) is 0 Å². The van der Waals surface area contributed by atoms with Crippen molar-refractivity contribution >= 4 is 38.7 Å². The van der Waals surface area contributed by atoms with Crippen molar-refractivity contribution in [2.75, 3.05) is 11.9 Å². The number of rotatable bonds is 2. The first-order chi connectivity index (χ1) is 8.74. The minimum absolute atomic E-state index is 0.0522. The van der Waals surface area contributed by atoms with Crippen LogP contribution < -0.4 is 10.6 Å². The molecule has 1 unspecified atom stereocenters. The van der Waals surface area contributed by atoms with Crippen LogP contribution in [0.1, 0.15) is 6.42 Å². The minimum Gasteiger partial charge on any atom is -0.363 e. The fourth-order valence-electron chi connectivity index (χ4n) is 1.94. The summed E-state index contributed by atoms with van der Waals surface area (Å²) in [7, 11) is 0. The van der Waals surface area contributed by atoms with Crippen LogP contribution in [0.2, 0.25) is 0 Å². The van der Waals surface area contributed by atoms with Gasteiger partial charge in [0.2, 0.25) is 5.91 Å². The molecule has 1 aliphatic heterocycles. The lowest BCUT2D eigenvalue weighted by atomic mass is 10.2. The van der Waals surface area contributed by atoms with Crippen LogP contribution in [0.25, 0.3) is 11.0 Å². The van der Waals surface area contributed by atoms with Crippen LogP contribution in [0.3, 0.4) is 0 Å².